The maximum absolute atomic E-state index is 12.8. The zero-order chi connectivity index (χ0) is 19.9. The van der Waals surface area contributed by atoms with Crippen molar-refractivity contribution in [1.29, 1.82) is 0 Å². The van der Waals surface area contributed by atoms with Crippen molar-refractivity contribution in [2.45, 2.75) is 58.2 Å². The lowest BCUT2D eigenvalue weighted by Gasteiger charge is -2.32. The number of hydrogen-bond donors (Lipinski definition) is 2. The van der Waals surface area contributed by atoms with E-state index in [1.165, 1.54) is 12.8 Å². The summed E-state index contributed by atoms with van der Waals surface area (Å²) in [6, 6.07) is 12.2. The first kappa shape index (κ1) is 20.6. The molecule has 1 saturated carbocycles. The molecule has 1 amide bonds. The molecule has 28 heavy (non-hydrogen) atoms. The molecule has 1 aliphatic rings. The number of nitrogens with one attached hydrogen (secondary N) is 1. The fourth-order valence-electron chi connectivity index (χ4n) is 4.08. The van der Waals surface area contributed by atoms with Crippen molar-refractivity contribution in [1.82, 2.24) is 14.7 Å². The van der Waals surface area contributed by atoms with Crippen molar-refractivity contribution < 1.29 is 9.90 Å². The van der Waals surface area contributed by atoms with E-state index >= 15 is 0 Å². The van der Waals surface area contributed by atoms with E-state index in [1.54, 1.807) is 6.20 Å². The highest BCUT2D eigenvalue weighted by molar-refractivity contribution is 5.91. The third-order valence-corrected chi connectivity index (χ3v) is 5.61. The van der Waals surface area contributed by atoms with E-state index in [-0.39, 0.29) is 31.0 Å². The summed E-state index contributed by atoms with van der Waals surface area (Å²) in [5.74, 6) is 0.932. The second-order valence-corrected chi connectivity index (χ2v) is 8.03. The smallest absolute Gasteiger partial charge is 0.239 e. The molecular formula is C22H32N4O2. The normalized spacial score (nSPS) is 16.0. The molecule has 0 bridgehead atoms. The van der Waals surface area contributed by atoms with Crippen molar-refractivity contribution in [2.75, 3.05) is 18.5 Å². The van der Waals surface area contributed by atoms with Crippen LogP contribution in [0.15, 0.2) is 42.6 Å². The standard InChI is InChI=1S/C22H32N4O2/c1-17(2)20(16-27)25(14-18-8-4-3-5-9-18)15-22(28)24-21-12-13-23-26(21)19-10-6-7-11-19/h3-5,8-9,12-13,17,19-20,27H,6-7,10-11,14-16H2,1-2H3,(H,24,28). The average Bonchev–Trinajstić information content (AvgIpc) is 3.34. The monoisotopic (exact) mass is 384 g/mol. The van der Waals surface area contributed by atoms with Gasteiger partial charge in [0.25, 0.3) is 0 Å². The van der Waals surface area contributed by atoms with Crippen LogP contribution in [0, 0.1) is 5.92 Å². The van der Waals surface area contributed by atoms with Crippen LogP contribution in [0.5, 0.6) is 0 Å². The highest BCUT2D eigenvalue weighted by Crippen LogP contribution is 2.31. The van der Waals surface area contributed by atoms with Crippen molar-refractivity contribution >= 4 is 11.7 Å². The quantitative estimate of drug-likeness (QED) is 0.695. The van der Waals surface area contributed by atoms with Gasteiger partial charge in [0.2, 0.25) is 5.91 Å². The largest absolute Gasteiger partial charge is 0.395 e. The maximum atomic E-state index is 12.8. The van der Waals surface area contributed by atoms with Gasteiger partial charge in [0.1, 0.15) is 5.82 Å². The number of anilines is 1. The molecule has 6 heteroatoms. The Hall–Kier alpha value is -2.18. The van der Waals surface area contributed by atoms with Crippen molar-refractivity contribution in [2.24, 2.45) is 5.92 Å². The average molecular weight is 385 g/mol. The molecular weight excluding hydrogens is 352 g/mol. The lowest BCUT2D eigenvalue weighted by atomic mass is 10.0. The summed E-state index contributed by atoms with van der Waals surface area (Å²) in [5, 5.41) is 17.4. The summed E-state index contributed by atoms with van der Waals surface area (Å²) in [6.45, 7) is 5.03. The molecule has 0 radical (unpaired) electrons. The Labute approximate surface area is 167 Å². The number of aliphatic hydroxyl groups is 1. The van der Waals surface area contributed by atoms with Crippen LogP contribution in [0.25, 0.3) is 0 Å². The fraction of sp³-hybridized carbons (Fsp3) is 0.545. The highest BCUT2D eigenvalue weighted by Gasteiger charge is 2.25. The number of amides is 1. The van der Waals surface area contributed by atoms with Gasteiger partial charge >= 0.3 is 0 Å². The predicted octanol–water partition coefficient (Wildman–Crippen LogP) is 3.46. The summed E-state index contributed by atoms with van der Waals surface area (Å²) in [4.78, 5) is 14.9. The van der Waals surface area contributed by atoms with E-state index < -0.39 is 0 Å². The molecule has 1 aromatic carbocycles. The number of carbonyl (C=O) groups excluding carboxylic acids is 1. The number of benzene rings is 1. The number of aliphatic hydroxyl groups excluding tert-OH is 1. The number of aromatic nitrogens is 2. The molecule has 152 valence electrons. The van der Waals surface area contributed by atoms with E-state index in [4.69, 9.17) is 0 Å². The molecule has 1 atom stereocenters. The minimum absolute atomic E-state index is 0.0256. The fourth-order valence-corrected chi connectivity index (χ4v) is 4.08. The SMILES string of the molecule is CC(C)C(CO)N(CC(=O)Nc1ccnn1C1CCCC1)Cc1ccccc1. The number of rotatable bonds is 9. The number of nitrogens with zero attached hydrogens (tertiary/aromatic N) is 3. The predicted molar refractivity (Wildman–Crippen MR) is 111 cm³/mol. The first-order valence-corrected chi connectivity index (χ1v) is 10.3. The van der Waals surface area contributed by atoms with Gasteiger partial charge in [-0.05, 0) is 24.3 Å². The van der Waals surface area contributed by atoms with Crippen LogP contribution in [0.3, 0.4) is 0 Å². The van der Waals surface area contributed by atoms with Gasteiger partial charge in [-0.2, -0.15) is 5.10 Å². The summed E-state index contributed by atoms with van der Waals surface area (Å²) < 4.78 is 1.96. The molecule has 6 nitrogen and oxygen atoms in total. The van der Waals surface area contributed by atoms with Crippen LogP contribution in [0.2, 0.25) is 0 Å². The maximum Gasteiger partial charge on any atom is 0.239 e. The Kier molecular flexibility index (Phi) is 7.23. The molecule has 1 aromatic heterocycles. The highest BCUT2D eigenvalue weighted by atomic mass is 16.3. The van der Waals surface area contributed by atoms with Crippen LogP contribution in [0.4, 0.5) is 5.82 Å². The molecule has 1 heterocycles. The zero-order valence-electron chi connectivity index (χ0n) is 16.9. The van der Waals surface area contributed by atoms with Gasteiger partial charge < -0.3 is 10.4 Å². The molecule has 1 unspecified atom stereocenters. The zero-order valence-corrected chi connectivity index (χ0v) is 16.9. The molecule has 3 rings (SSSR count). The van der Waals surface area contributed by atoms with Crippen LogP contribution in [0.1, 0.15) is 51.1 Å². The Morgan fingerprint density at radius 2 is 1.96 bits per heavy atom. The van der Waals surface area contributed by atoms with Gasteiger partial charge in [-0.3, -0.25) is 9.69 Å². The summed E-state index contributed by atoms with van der Waals surface area (Å²) in [7, 11) is 0. The van der Waals surface area contributed by atoms with E-state index in [9.17, 15) is 9.90 Å². The summed E-state index contributed by atoms with van der Waals surface area (Å²) in [5.41, 5.74) is 1.13. The summed E-state index contributed by atoms with van der Waals surface area (Å²) in [6.07, 6.45) is 6.42. The van der Waals surface area contributed by atoms with Crippen LogP contribution >= 0.6 is 0 Å². The molecule has 2 N–H and O–H groups in total. The molecule has 1 aliphatic carbocycles. The Morgan fingerprint density at radius 1 is 1.25 bits per heavy atom. The lowest BCUT2D eigenvalue weighted by Crippen LogP contribution is -2.45. The molecule has 0 spiro atoms. The van der Waals surface area contributed by atoms with Crippen LogP contribution < -0.4 is 5.32 Å². The number of hydrogen-bond acceptors (Lipinski definition) is 4. The van der Waals surface area contributed by atoms with E-state index in [0.717, 1.165) is 24.2 Å². The molecule has 0 aliphatic heterocycles. The van der Waals surface area contributed by atoms with Gasteiger partial charge in [-0.1, -0.05) is 57.0 Å². The van der Waals surface area contributed by atoms with Gasteiger partial charge in [0, 0.05) is 18.7 Å². The Balaban J connectivity index is 1.69. The van der Waals surface area contributed by atoms with E-state index in [1.807, 2.05) is 28.9 Å². The first-order valence-electron chi connectivity index (χ1n) is 10.3. The number of carbonyl (C=O) groups is 1. The van der Waals surface area contributed by atoms with Gasteiger partial charge in [-0.25, -0.2) is 4.68 Å². The third-order valence-electron chi connectivity index (χ3n) is 5.61. The molecule has 1 fully saturated rings. The van der Waals surface area contributed by atoms with Crippen LogP contribution in [-0.2, 0) is 11.3 Å². The van der Waals surface area contributed by atoms with Crippen LogP contribution in [-0.4, -0.2) is 44.9 Å². The van der Waals surface area contributed by atoms with E-state index in [2.05, 4.69) is 41.3 Å². The van der Waals surface area contributed by atoms with Gasteiger partial charge in [0.15, 0.2) is 0 Å². The minimum Gasteiger partial charge on any atom is -0.395 e. The second-order valence-electron chi connectivity index (χ2n) is 8.03. The lowest BCUT2D eigenvalue weighted by molar-refractivity contribution is -0.118. The third kappa shape index (κ3) is 5.20. The Morgan fingerprint density at radius 3 is 2.61 bits per heavy atom. The second kappa shape index (κ2) is 9.85. The summed E-state index contributed by atoms with van der Waals surface area (Å²) >= 11 is 0. The van der Waals surface area contributed by atoms with E-state index in [0.29, 0.717) is 12.6 Å². The van der Waals surface area contributed by atoms with Crippen molar-refractivity contribution in [3.63, 3.8) is 0 Å². The Bertz CT molecular complexity index is 738. The minimum atomic E-state index is -0.0781. The molecule has 0 saturated heterocycles. The van der Waals surface area contributed by atoms with Crippen molar-refractivity contribution in [3.8, 4) is 0 Å². The van der Waals surface area contributed by atoms with Gasteiger partial charge in [-0.15, -0.1) is 0 Å². The molecule has 2 aromatic rings. The first-order chi connectivity index (χ1) is 13.6. The van der Waals surface area contributed by atoms with Gasteiger partial charge in [0.05, 0.1) is 25.4 Å². The topological polar surface area (TPSA) is 70.4 Å². The van der Waals surface area contributed by atoms with Crippen molar-refractivity contribution in [3.05, 3.63) is 48.2 Å².